The van der Waals surface area contributed by atoms with E-state index in [0.717, 1.165) is 70.6 Å². The molecule has 3 aliphatic rings. The minimum absolute atomic E-state index is 0.0203. The van der Waals surface area contributed by atoms with E-state index < -0.39 is 0 Å². The minimum Gasteiger partial charge on any atom is -0.342 e. The predicted molar refractivity (Wildman–Crippen MR) is 119 cm³/mol. The Kier molecular flexibility index (Phi) is 5.93. The first-order valence-electron chi connectivity index (χ1n) is 11.7. The fourth-order valence-corrected chi connectivity index (χ4v) is 6.31. The van der Waals surface area contributed by atoms with Crippen molar-refractivity contribution >= 4 is 11.8 Å². The number of rotatable bonds is 5. The van der Waals surface area contributed by atoms with Gasteiger partial charge in [-0.25, -0.2) is 0 Å². The molecule has 1 atom stereocenters. The molecule has 30 heavy (non-hydrogen) atoms. The van der Waals surface area contributed by atoms with Crippen molar-refractivity contribution < 1.29 is 9.59 Å². The van der Waals surface area contributed by atoms with Gasteiger partial charge < -0.3 is 14.7 Å². The third-order valence-electron chi connectivity index (χ3n) is 7.82. The summed E-state index contributed by atoms with van der Waals surface area (Å²) in [6.45, 7) is 12.8. The van der Waals surface area contributed by atoms with E-state index in [4.69, 9.17) is 0 Å². The molecule has 3 heterocycles. The van der Waals surface area contributed by atoms with Crippen LogP contribution < -0.4 is 0 Å². The zero-order valence-corrected chi connectivity index (χ0v) is 18.9. The van der Waals surface area contributed by atoms with Crippen molar-refractivity contribution in [3.63, 3.8) is 0 Å². The summed E-state index contributed by atoms with van der Waals surface area (Å²) < 4.78 is 0. The summed E-state index contributed by atoms with van der Waals surface area (Å²) in [6, 6.07) is 10.0. The Morgan fingerprint density at radius 2 is 1.73 bits per heavy atom. The predicted octanol–water partition coefficient (Wildman–Crippen LogP) is 3.05. The normalized spacial score (nSPS) is 26.5. The molecule has 1 aromatic carbocycles. The monoisotopic (exact) mass is 411 g/mol. The van der Waals surface area contributed by atoms with E-state index in [0.29, 0.717) is 18.2 Å². The van der Waals surface area contributed by atoms with Crippen molar-refractivity contribution in [1.82, 2.24) is 14.7 Å². The van der Waals surface area contributed by atoms with Gasteiger partial charge in [0.05, 0.1) is 11.8 Å². The Balaban J connectivity index is 1.49. The minimum atomic E-state index is -0.244. The Morgan fingerprint density at radius 1 is 1.03 bits per heavy atom. The van der Waals surface area contributed by atoms with Crippen LogP contribution in [0.2, 0.25) is 0 Å². The molecule has 0 unspecified atom stereocenters. The van der Waals surface area contributed by atoms with Gasteiger partial charge in [0.2, 0.25) is 11.8 Å². The molecule has 5 heteroatoms. The topological polar surface area (TPSA) is 43.9 Å². The number of carbonyl (C=O) groups is 2. The Bertz CT molecular complexity index is 770. The maximum absolute atomic E-state index is 13.5. The van der Waals surface area contributed by atoms with Crippen molar-refractivity contribution in [3.05, 3.63) is 35.9 Å². The molecule has 0 radical (unpaired) electrons. The number of likely N-dealkylation sites (tertiary alicyclic amines) is 3. The number of nitrogens with zero attached hydrogens (tertiary/aromatic N) is 3. The van der Waals surface area contributed by atoms with Crippen LogP contribution in [-0.4, -0.2) is 72.3 Å². The van der Waals surface area contributed by atoms with Gasteiger partial charge in [-0.1, -0.05) is 44.2 Å². The molecule has 2 amide bonds. The lowest BCUT2D eigenvalue weighted by Gasteiger charge is -2.47. The van der Waals surface area contributed by atoms with Crippen LogP contribution in [0.3, 0.4) is 0 Å². The van der Waals surface area contributed by atoms with Gasteiger partial charge in [-0.15, -0.1) is 0 Å². The molecule has 5 nitrogen and oxygen atoms in total. The van der Waals surface area contributed by atoms with Gasteiger partial charge in [0, 0.05) is 51.2 Å². The number of fused-ring (bicyclic) bond motifs is 1. The van der Waals surface area contributed by atoms with Gasteiger partial charge in [0.25, 0.3) is 0 Å². The number of amides is 2. The summed E-state index contributed by atoms with van der Waals surface area (Å²) >= 11 is 0. The molecule has 0 bridgehead atoms. The van der Waals surface area contributed by atoms with Crippen LogP contribution in [0.1, 0.15) is 45.6 Å². The molecule has 1 aromatic rings. The van der Waals surface area contributed by atoms with Crippen LogP contribution in [0.15, 0.2) is 30.3 Å². The summed E-state index contributed by atoms with van der Waals surface area (Å²) in [6.07, 6.45) is 3.35. The lowest BCUT2D eigenvalue weighted by atomic mass is 9.60. The first-order chi connectivity index (χ1) is 14.4. The second-order valence-corrected chi connectivity index (χ2v) is 10.1. The maximum Gasteiger partial charge on any atom is 0.230 e. The number of piperidine rings is 1. The fraction of sp³-hybridized carbons (Fsp3) is 0.680. The summed E-state index contributed by atoms with van der Waals surface area (Å²) in [5.74, 6) is 1.19. The lowest BCUT2D eigenvalue weighted by Crippen LogP contribution is -2.53. The molecule has 2 spiro atoms. The summed E-state index contributed by atoms with van der Waals surface area (Å²) in [7, 11) is 0. The van der Waals surface area contributed by atoms with Crippen molar-refractivity contribution in [1.29, 1.82) is 0 Å². The van der Waals surface area contributed by atoms with Gasteiger partial charge in [-0.2, -0.15) is 0 Å². The average Bonchev–Trinajstić information content (AvgIpc) is 3.20. The molecule has 3 aliphatic heterocycles. The highest BCUT2D eigenvalue weighted by Gasteiger charge is 2.64. The zero-order valence-electron chi connectivity index (χ0n) is 18.9. The summed E-state index contributed by atoms with van der Waals surface area (Å²) in [4.78, 5) is 33.1. The highest BCUT2D eigenvalue weighted by molar-refractivity contribution is 5.87. The highest BCUT2D eigenvalue weighted by atomic mass is 16.2. The first kappa shape index (κ1) is 21.4. The number of benzene rings is 1. The van der Waals surface area contributed by atoms with E-state index in [1.165, 1.54) is 0 Å². The van der Waals surface area contributed by atoms with Crippen molar-refractivity contribution in [3.8, 4) is 0 Å². The Morgan fingerprint density at radius 3 is 2.33 bits per heavy atom. The molecule has 0 saturated carbocycles. The van der Waals surface area contributed by atoms with Gasteiger partial charge in [0.1, 0.15) is 0 Å². The molecule has 3 saturated heterocycles. The van der Waals surface area contributed by atoms with E-state index in [1.807, 2.05) is 35.2 Å². The van der Waals surface area contributed by atoms with Crippen LogP contribution >= 0.6 is 0 Å². The summed E-state index contributed by atoms with van der Waals surface area (Å²) in [5, 5.41) is 0. The molecular weight excluding hydrogens is 374 g/mol. The van der Waals surface area contributed by atoms with Crippen molar-refractivity contribution in [2.45, 2.75) is 46.5 Å². The summed E-state index contributed by atoms with van der Waals surface area (Å²) in [5.41, 5.74) is 0.853. The van der Waals surface area contributed by atoms with E-state index in [2.05, 4.69) is 30.6 Å². The fourth-order valence-electron chi connectivity index (χ4n) is 6.31. The lowest BCUT2D eigenvalue weighted by molar-refractivity contribution is -0.143. The van der Waals surface area contributed by atoms with Crippen LogP contribution in [0, 0.1) is 16.7 Å². The molecule has 0 N–H and O–H groups in total. The number of hydrogen-bond acceptors (Lipinski definition) is 3. The van der Waals surface area contributed by atoms with Crippen LogP contribution in [0.5, 0.6) is 0 Å². The molecule has 0 aromatic heterocycles. The van der Waals surface area contributed by atoms with Gasteiger partial charge >= 0.3 is 0 Å². The second kappa shape index (κ2) is 8.33. The highest BCUT2D eigenvalue weighted by Crippen LogP contribution is 2.57. The van der Waals surface area contributed by atoms with E-state index in [-0.39, 0.29) is 16.7 Å². The smallest absolute Gasteiger partial charge is 0.230 e. The third kappa shape index (κ3) is 3.66. The van der Waals surface area contributed by atoms with E-state index >= 15 is 0 Å². The Labute approximate surface area is 181 Å². The molecule has 4 rings (SSSR count). The maximum atomic E-state index is 13.5. The SMILES string of the molecule is CCN1CC[C@@]2(CN(CC(C)C)CC23CCN(C(=O)Cc2ccccc2)CC3)C1=O. The van der Waals surface area contributed by atoms with Gasteiger partial charge in [0.15, 0.2) is 0 Å². The molecule has 0 aliphatic carbocycles. The number of hydrogen-bond donors (Lipinski definition) is 0. The van der Waals surface area contributed by atoms with Crippen molar-refractivity contribution in [2.24, 2.45) is 16.7 Å². The van der Waals surface area contributed by atoms with E-state index in [9.17, 15) is 9.59 Å². The zero-order chi connectivity index (χ0) is 21.4. The van der Waals surface area contributed by atoms with Crippen molar-refractivity contribution in [2.75, 3.05) is 45.8 Å². The second-order valence-electron chi connectivity index (χ2n) is 10.1. The average molecular weight is 412 g/mol. The largest absolute Gasteiger partial charge is 0.342 e. The van der Waals surface area contributed by atoms with Gasteiger partial charge in [-0.3, -0.25) is 9.59 Å². The molecule has 3 fully saturated rings. The standard InChI is InChI=1S/C25H37N3O2/c1-4-27-15-12-25(23(27)30)19-26(17-20(2)3)18-24(25)10-13-28(14-11-24)22(29)16-21-8-6-5-7-9-21/h5-9,20H,4,10-19H2,1-3H3/t25-/m1/s1. The Hall–Kier alpha value is -1.88. The van der Waals surface area contributed by atoms with Crippen LogP contribution in [0.4, 0.5) is 0 Å². The third-order valence-corrected chi connectivity index (χ3v) is 7.82. The quantitative estimate of drug-likeness (QED) is 0.748. The number of carbonyl (C=O) groups excluding carboxylic acids is 2. The van der Waals surface area contributed by atoms with E-state index in [1.54, 1.807) is 0 Å². The van der Waals surface area contributed by atoms with Gasteiger partial charge in [-0.05, 0) is 37.7 Å². The molecular formula is C25H37N3O2. The molecule has 164 valence electrons. The van der Waals surface area contributed by atoms with Crippen LogP contribution in [0.25, 0.3) is 0 Å². The first-order valence-corrected chi connectivity index (χ1v) is 11.7. The van der Waals surface area contributed by atoms with Crippen LogP contribution in [-0.2, 0) is 16.0 Å².